The summed E-state index contributed by atoms with van der Waals surface area (Å²) < 4.78 is 3.88. The molecule has 2 aliphatic rings. The first-order valence-electron chi connectivity index (χ1n) is 9.84. The summed E-state index contributed by atoms with van der Waals surface area (Å²) in [7, 11) is 0. The molecule has 3 atom stereocenters. The summed E-state index contributed by atoms with van der Waals surface area (Å²) in [5.74, 6) is -0.674. The zero-order chi connectivity index (χ0) is 22.8. The van der Waals surface area contributed by atoms with Crippen LogP contribution in [-0.4, -0.2) is 48.2 Å². The third-order valence-corrected chi connectivity index (χ3v) is 8.58. The highest BCUT2D eigenvalue weighted by Gasteiger charge is 2.71. The minimum atomic E-state index is -1.20. The molecule has 5 nitrogen and oxygen atoms in total. The van der Waals surface area contributed by atoms with Crippen LogP contribution in [0.15, 0.2) is 17.1 Å². The lowest BCUT2D eigenvalue weighted by Crippen LogP contribution is -2.70. The Morgan fingerprint density at radius 3 is 2.33 bits per heavy atom. The quantitative estimate of drug-likeness (QED) is 0.185. The number of thioether (sulfide) groups is 1. The number of aryl methyl sites for hydroxylation is 3. The number of amides is 1. The molecule has 0 radical (unpaired) electrons. The van der Waals surface area contributed by atoms with Crippen LogP contribution in [0.4, 0.5) is 0 Å². The van der Waals surface area contributed by atoms with Gasteiger partial charge in [-0.1, -0.05) is 17.7 Å². The fraction of sp³-hybridized carbons (Fsp3) is 0.591. The van der Waals surface area contributed by atoms with Gasteiger partial charge in [-0.25, -0.2) is 9.79 Å². The summed E-state index contributed by atoms with van der Waals surface area (Å²) in [5, 5.41) is -0.0716. The predicted octanol–water partition coefficient (Wildman–Crippen LogP) is 5.09. The molecular formula is C22H28BrClN2O3S. The van der Waals surface area contributed by atoms with E-state index in [1.54, 1.807) is 4.90 Å². The van der Waals surface area contributed by atoms with Gasteiger partial charge in [0.25, 0.3) is 5.91 Å². The Morgan fingerprint density at radius 2 is 1.77 bits per heavy atom. The molecule has 2 heterocycles. The summed E-state index contributed by atoms with van der Waals surface area (Å²) in [5.41, 5.74) is 3.45. The van der Waals surface area contributed by atoms with Crippen molar-refractivity contribution in [3.8, 4) is 0 Å². The van der Waals surface area contributed by atoms with Gasteiger partial charge in [0.05, 0.1) is 0 Å². The molecule has 0 saturated carbocycles. The second-order valence-electron chi connectivity index (χ2n) is 9.55. The minimum absolute atomic E-state index is 0.277. The van der Waals surface area contributed by atoms with Gasteiger partial charge in [-0.15, -0.1) is 11.8 Å². The Kier molecular flexibility index (Phi) is 5.92. The SMILES string of the molecule is Cc1cc(C)c(C(Cl)=N[C@]2(Br)C(=O)N3[C@@H](C(=O)OC(C)(C)C)C(C)(C)S[C@@H]32)cc1C. The van der Waals surface area contributed by atoms with Crippen molar-refractivity contribution in [3.63, 3.8) is 0 Å². The molecule has 1 aromatic carbocycles. The van der Waals surface area contributed by atoms with Crippen LogP contribution < -0.4 is 0 Å². The molecule has 0 spiro atoms. The Bertz CT molecular complexity index is 956. The van der Waals surface area contributed by atoms with E-state index in [2.05, 4.69) is 27.0 Å². The van der Waals surface area contributed by atoms with E-state index in [1.165, 1.54) is 17.3 Å². The van der Waals surface area contributed by atoms with E-state index < -0.39 is 26.8 Å². The molecule has 1 amide bonds. The van der Waals surface area contributed by atoms with Crippen molar-refractivity contribution >= 4 is 56.3 Å². The maximum Gasteiger partial charge on any atom is 0.330 e. The van der Waals surface area contributed by atoms with E-state index in [0.29, 0.717) is 0 Å². The number of aliphatic imine (C=N–C) groups is 1. The van der Waals surface area contributed by atoms with Crippen molar-refractivity contribution in [2.24, 2.45) is 4.99 Å². The molecule has 30 heavy (non-hydrogen) atoms. The Labute approximate surface area is 196 Å². The van der Waals surface area contributed by atoms with E-state index in [9.17, 15) is 9.59 Å². The molecule has 2 fully saturated rings. The number of benzene rings is 1. The summed E-state index contributed by atoms with van der Waals surface area (Å²) in [6.07, 6.45) is 0. The number of rotatable bonds is 3. The average molecular weight is 516 g/mol. The molecule has 3 rings (SSSR count). The van der Waals surface area contributed by atoms with Gasteiger partial charge in [-0.3, -0.25) is 4.79 Å². The smallest absolute Gasteiger partial charge is 0.330 e. The van der Waals surface area contributed by atoms with Crippen molar-refractivity contribution in [1.82, 2.24) is 4.90 Å². The second kappa shape index (κ2) is 7.52. The van der Waals surface area contributed by atoms with Crippen LogP contribution in [0.2, 0.25) is 0 Å². The lowest BCUT2D eigenvalue weighted by Gasteiger charge is -2.47. The molecule has 0 unspecified atom stereocenters. The van der Waals surface area contributed by atoms with Crippen LogP contribution >= 0.6 is 39.3 Å². The van der Waals surface area contributed by atoms with Gasteiger partial charge < -0.3 is 9.64 Å². The van der Waals surface area contributed by atoms with Gasteiger partial charge in [0, 0.05) is 10.3 Å². The Morgan fingerprint density at radius 1 is 1.20 bits per heavy atom. The van der Waals surface area contributed by atoms with Gasteiger partial charge in [0.1, 0.15) is 22.2 Å². The summed E-state index contributed by atoms with van der Waals surface area (Å²) >= 11 is 11.7. The van der Waals surface area contributed by atoms with E-state index in [1.807, 2.05) is 61.5 Å². The van der Waals surface area contributed by atoms with Crippen LogP contribution in [0.25, 0.3) is 0 Å². The van der Waals surface area contributed by atoms with Crippen molar-refractivity contribution in [2.75, 3.05) is 0 Å². The topological polar surface area (TPSA) is 59.0 Å². The third-order valence-electron chi connectivity index (χ3n) is 5.42. The van der Waals surface area contributed by atoms with Gasteiger partial charge in [-0.2, -0.15) is 0 Å². The van der Waals surface area contributed by atoms with Crippen molar-refractivity contribution in [1.29, 1.82) is 0 Å². The van der Waals surface area contributed by atoms with Crippen LogP contribution in [-0.2, 0) is 14.3 Å². The van der Waals surface area contributed by atoms with Gasteiger partial charge in [-0.05, 0) is 94.1 Å². The van der Waals surface area contributed by atoms with E-state index in [4.69, 9.17) is 16.3 Å². The first-order valence-corrected chi connectivity index (χ1v) is 11.9. The fourth-order valence-corrected chi connectivity index (χ4v) is 6.71. The van der Waals surface area contributed by atoms with Gasteiger partial charge in [0.15, 0.2) is 0 Å². The second-order valence-corrected chi connectivity index (χ2v) is 12.9. The van der Waals surface area contributed by atoms with Crippen LogP contribution in [0.5, 0.6) is 0 Å². The van der Waals surface area contributed by atoms with Gasteiger partial charge >= 0.3 is 5.97 Å². The van der Waals surface area contributed by atoms with Crippen molar-refractivity contribution in [3.05, 3.63) is 34.4 Å². The molecule has 164 valence electrons. The highest BCUT2D eigenvalue weighted by Crippen LogP contribution is 2.58. The normalized spacial score (nSPS) is 28.3. The van der Waals surface area contributed by atoms with E-state index >= 15 is 0 Å². The van der Waals surface area contributed by atoms with Crippen LogP contribution in [0, 0.1) is 20.8 Å². The molecule has 2 saturated heterocycles. The summed E-state index contributed by atoms with van der Waals surface area (Å²) in [4.78, 5) is 32.3. The first-order chi connectivity index (χ1) is 13.6. The van der Waals surface area contributed by atoms with E-state index in [-0.39, 0.29) is 16.5 Å². The first kappa shape index (κ1) is 23.6. The lowest BCUT2D eigenvalue weighted by molar-refractivity contribution is -0.171. The predicted molar refractivity (Wildman–Crippen MR) is 127 cm³/mol. The number of nitrogens with zero attached hydrogens (tertiary/aromatic N) is 2. The third kappa shape index (κ3) is 3.93. The van der Waals surface area contributed by atoms with Crippen molar-refractivity contribution < 1.29 is 14.3 Å². The number of β-lactam (4-membered cyclic amide) rings is 1. The largest absolute Gasteiger partial charge is 0.458 e. The molecule has 0 aliphatic carbocycles. The number of ether oxygens (including phenoxy) is 1. The maximum absolute atomic E-state index is 13.2. The number of hydrogen-bond acceptors (Lipinski definition) is 5. The van der Waals surface area contributed by atoms with Gasteiger partial charge in [0.2, 0.25) is 4.45 Å². The molecule has 0 aromatic heterocycles. The molecule has 8 heteroatoms. The highest BCUT2D eigenvalue weighted by atomic mass is 79.9. The summed E-state index contributed by atoms with van der Waals surface area (Å²) in [6.45, 7) is 15.4. The molecule has 2 aliphatic heterocycles. The van der Waals surface area contributed by atoms with Crippen LogP contribution in [0.3, 0.4) is 0 Å². The lowest BCUT2D eigenvalue weighted by atomic mass is 9.95. The fourth-order valence-electron chi connectivity index (χ4n) is 3.83. The van der Waals surface area contributed by atoms with E-state index in [0.717, 1.165) is 16.7 Å². The monoisotopic (exact) mass is 514 g/mol. The number of carbonyl (C=O) groups is 2. The zero-order valence-corrected chi connectivity index (χ0v) is 21.8. The standard InChI is InChI=1S/C22H28BrClN2O3S/c1-11-9-13(3)14(10-12(11)2)16(24)25-22(23)18(28)26-15(17(27)29-20(4,5)6)21(7,8)30-19(22)26/h9-10,15,19H,1-8H3/t15-,19+,22+/m0/s1. The molecule has 0 bridgehead atoms. The molecule has 1 aromatic rings. The maximum atomic E-state index is 13.2. The average Bonchev–Trinajstić information content (AvgIpc) is 2.86. The number of fused-ring (bicyclic) bond motifs is 1. The number of alkyl halides is 1. The number of hydrogen-bond donors (Lipinski definition) is 0. The Hall–Kier alpha value is -1.05. The van der Waals surface area contributed by atoms with Crippen molar-refractivity contribution in [2.45, 2.75) is 81.6 Å². The number of esters is 1. The highest BCUT2D eigenvalue weighted by molar-refractivity contribution is 9.10. The zero-order valence-electron chi connectivity index (χ0n) is 18.6. The van der Waals surface area contributed by atoms with Crippen LogP contribution in [0.1, 0.15) is 56.9 Å². The minimum Gasteiger partial charge on any atom is -0.458 e. The molecular weight excluding hydrogens is 488 g/mol. The molecule has 0 N–H and O–H groups in total. The number of carbonyl (C=O) groups excluding carboxylic acids is 2. The Balaban J connectivity index is 1.93. The number of halogens is 2. The summed E-state index contributed by atoms with van der Waals surface area (Å²) in [6, 6.07) is 3.37.